The van der Waals surface area contributed by atoms with Crippen LogP contribution < -0.4 is 9.64 Å². The van der Waals surface area contributed by atoms with Gasteiger partial charge in [0.1, 0.15) is 24.1 Å². The van der Waals surface area contributed by atoms with Crippen LogP contribution in [0.2, 0.25) is 0 Å². The average molecular weight is 568 g/mol. The highest BCUT2D eigenvalue weighted by Crippen LogP contribution is 2.32. The van der Waals surface area contributed by atoms with Gasteiger partial charge in [-0.15, -0.1) is 0 Å². The fourth-order valence-electron chi connectivity index (χ4n) is 5.44. The molecule has 2 aromatic carbocycles. The van der Waals surface area contributed by atoms with Crippen LogP contribution in [0.25, 0.3) is 16.6 Å². The molecular weight excluding hydrogens is 537 g/mol. The van der Waals surface area contributed by atoms with Crippen LogP contribution in [-0.2, 0) is 17.9 Å². The number of fused-ring (bicyclic) bond motifs is 1. The summed E-state index contributed by atoms with van der Waals surface area (Å²) < 4.78 is 27.8. The molecule has 4 heterocycles. The lowest BCUT2D eigenvalue weighted by Gasteiger charge is -2.31. The minimum atomic E-state index is -0.960. The number of aromatic carboxylic acids is 1. The van der Waals surface area contributed by atoms with Crippen molar-refractivity contribution in [3.8, 4) is 11.9 Å². The van der Waals surface area contributed by atoms with E-state index in [4.69, 9.17) is 19.7 Å². The van der Waals surface area contributed by atoms with Gasteiger partial charge in [0.15, 0.2) is 0 Å². The maximum Gasteiger partial charge on any atom is 0.335 e. The fraction of sp³-hybridized carbons (Fsp3) is 0.312. The van der Waals surface area contributed by atoms with E-state index in [0.717, 1.165) is 67.2 Å². The maximum absolute atomic E-state index is 14.3. The van der Waals surface area contributed by atoms with E-state index in [2.05, 4.69) is 21.4 Å². The number of halogens is 1. The Labute approximate surface area is 242 Å². The number of nitriles is 1. The van der Waals surface area contributed by atoms with E-state index in [0.29, 0.717) is 18.0 Å². The number of pyridine rings is 1. The molecule has 2 aliphatic heterocycles. The lowest BCUT2D eigenvalue weighted by atomic mass is 9.98. The van der Waals surface area contributed by atoms with Crippen molar-refractivity contribution < 1.29 is 23.8 Å². The standard InChI is InChI=1S/C32H30FN5O4/c1-20(31-35-27-8-7-23(32(39)40)16-28(27)38(31)18-25-11-14-41-25)22-9-12-37(13-10-22)29-3-2-4-30(36-29)42-19-24-6-5-21(17-34)15-26(24)33/h2-8,15-16,25H,9-14,18-19H2,1H3,(H,39,40)/t25-/m0/s1. The van der Waals surface area contributed by atoms with Gasteiger partial charge in [0.25, 0.3) is 0 Å². The first kappa shape index (κ1) is 27.4. The van der Waals surface area contributed by atoms with Crippen LogP contribution in [0.3, 0.4) is 0 Å². The molecule has 0 unspecified atom stereocenters. The van der Waals surface area contributed by atoms with Crippen LogP contribution in [0.5, 0.6) is 5.88 Å². The number of hydrogen-bond donors (Lipinski definition) is 1. The lowest BCUT2D eigenvalue weighted by molar-refractivity contribution is -0.0587. The predicted molar refractivity (Wildman–Crippen MR) is 155 cm³/mol. The molecule has 2 aliphatic rings. The number of benzene rings is 2. The zero-order valence-electron chi connectivity index (χ0n) is 23.2. The van der Waals surface area contributed by atoms with Gasteiger partial charge in [-0.1, -0.05) is 17.7 Å². The topological polar surface area (TPSA) is 114 Å². The molecule has 1 N–H and O–H groups in total. The molecule has 2 fully saturated rings. The second-order valence-corrected chi connectivity index (χ2v) is 10.6. The molecule has 0 bridgehead atoms. The highest BCUT2D eigenvalue weighted by molar-refractivity contribution is 5.93. The molecule has 42 heavy (non-hydrogen) atoms. The molecule has 0 aliphatic carbocycles. The highest BCUT2D eigenvalue weighted by atomic mass is 19.1. The Bertz CT molecular complexity index is 1730. The first-order valence-corrected chi connectivity index (χ1v) is 14.0. The zero-order chi connectivity index (χ0) is 29.2. The monoisotopic (exact) mass is 567 g/mol. The van der Waals surface area contributed by atoms with Gasteiger partial charge in [-0.2, -0.15) is 10.2 Å². The van der Waals surface area contributed by atoms with Gasteiger partial charge in [0.05, 0.1) is 40.9 Å². The Morgan fingerprint density at radius 2 is 1.98 bits per heavy atom. The molecule has 1 atom stereocenters. The van der Waals surface area contributed by atoms with Gasteiger partial charge in [-0.25, -0.2) is 14.2 Å². The number of ether oxygens (including phenoxy) is 2. The molecule has 6 rings (SSSR count). The van der Waals surface area contributed by atoms with E-state index >= 15 is 0 Å². The summed E-state index contributed by atoms with van der Waals surface area (Å²) in [5, 5.41) is 18.5. The van der Waals surface area contributed by atoms with E-state index < -0.39 is 11.8 Å². The normalized spacial score (nSPS) is 16.6. The Kier molecular flexibility index (Phi) is 7.59. The molecule has 9 nitrogen and oxygen atoms in total. The average Bonchev–Trinajstić information content (AvgIpc) is 3.35. The number of carboxylic acid groups (broad SMARTS) is 1. The van der Waals surface area contributed by atoms with Crippen LogP contribution >= 0.6 is 0 Å². The minimum Gasteiger partial charge on any atom is -0.478 e. The van der Waals surface area contributed by atoms with Crippen molar-refractivity contribution in [3.05, 3.63) is 88.5 Å². The van der Waals surface area contributed by atoms with Crippen LogP contribution in [0.4, 0.5) is 10.2 Å². The summed E-state index contributed by atoms with van der Waals surface area (Å²) in [5.74, 6) is 0.613. The van der Waals surface area contributed by atoms with E-state index in [-0.39, 0.29) is 23.8 Å². The van der Waals surface area contributed by atoms with Crippen molar-refractivity contribution >= 4 is 28.4 Å². The number of carbonyl (C=O) groups is 1. The number of aromatic nitrogens is 3. The third-order valence-electron chi connectivity index (χ3n) is 8.00. The molecule has 2 saturated heterocycles. The maximum atomic E-state index is 14.3. The van der Waals surface area contributed by atoms with Gasteiger partial charge in [0.2, 0.25) is 5.88 Å². The van der Waals surface area contributed by atoms with Crippen molar-refractivity contribution in [2.75, 3.05) is 24.6 Å². The van der Waals surface area contributed by atoms with Crippen molar-refractivity contribution in [2.24, 2.45) is 0 Å². The Hall–Kier alpha value is -4.75. The number of anilines is 1. The number of piperidine rings is 1. The predicted octanol–water partition coefficient (Wildman–Crippen LogP) is 5.58. The first-order valence-electron chi connectivity index (χ1n) is 14.0. The van der Waals surface area contributed by atoms with Gasteiger partial charge in [0, 0.05) is 31.3 Å². The second-order valence-electron chi connectivity index (χ2n) is 10.6. The third-order valence-corrected chi connectivity index (χ3v) is 8.00. The van der Waals surface area contributed by atoms with E-state index in [1.54, 1.807) is 36.4 Å². The largest absolute Gasteiger partial charge is 0.478 e. The molecule has 4 aromatic rings. The molecule has 0 radical (unpaired) electrons. The van der Waals surface area contributed by atoms with Crippen LogP contribution in [0, 0.1) is 17.1 Å². The Morgan fingerprint density at radius 1 is 1.17 bits per heavy atom. The van der Waals surface area contributed by atoms with Crippen LogP contribution in [0.1, 0.15) is 53.5 Å². The summed E-state index contributed by atoms with van der Waals surface area (Å²) in [5.41, 5.74) is 4.86. The molecule has 0 saturated carbocycles. The molecule has 2 aromatic heterocycles. The third kappa shape index (κ3) is 5.56. The summed E-state index contributed by atoms with van der Waals surface area (Å²) in [7, 11) is 0. The lowest BCUT2D eigenvalue weighted by Crippen LogP contribution is -2.32. The first-order chi connectivity index (χ1) is 20.4. The molecule has 0 amide bonds. The SMILES string of the molecule is CC(=C1CCN(c2cccc(OCc3ccc(C#N)cc3F)n2)CC1)c1nc2ccc(C(=O)O)cc2n1C[C@@H]1CCO1. The van der Waals surface area contributed by atoms with Crippen molar-refractivity contribution in [1.29, 1.82) is 5.26 Å². The summed E-state index contributed by atoms with van der Waals surface area (Å²) in [6, 6.07) is 16.9. The quantitative estimate of drug-likeness (QED) is 0.294. The summed E-state index contributed by atoms with van der Waals surface area (Å²) in [6.07, 6.45) is 2.74. The zero-order valence-corrected chi connectivity index (χ0v) is 23.2. The number of rotatable bonds is 8. The fourth-order valence-corrected chi connectivity index (χ4v) is 5.44. The van der Waals surface area contributed by atoms with Crippen LogP contribution in [0.15, 0.2) is 60.2 Å². The van der Waals surface area contributed by atoms with E-state index in [1.165, 1.54) is 11.6 Å². The van der Waals surface area contributed by atoms with Gasteiger partial charge in [-0.05, 0) is 68.2 Å². The number of carboxylic acids is 1. The summed E-state index contributed by atoms with van der Waals surface area (Å²) in [4.78, 5) is 23.4. The van der Waals surface area contributed by atoms with Crippen molar-refractivity contribution in [3.63, 3.8) is 0 Å². The van der Waals surface area contributed by atoms with Crippen molar-refractivity contribution in [2.45, 2.75) is 45.4 Å². The summed E-state index contributed by atoms with van der Waals surface area (Å²) >= 11 is 0. The highest BCUT2D eigenvalue weighted by Gasteiger charge is 2.25. The molecular formula is C32H30FN5O4. The molecule has 214 valence electrons. The van der Waals surface area contributed by atoms with Gasteiger partial charge < -0.3 is 24.0 Å². The summed E-state index contributed by atoms with van der Waals surface area (Å²) in [6.45, 7) is 5.02. The van der Waals surface area contributed by atoms with Gasteiger partial charge >= 0.3 is 5.97 Å². The Balaban J connectivity index is 1.18. The van der Waals surface area contributed by atoms with E-state index in [9.17, 15) is 14.3 Å². The second kappa shape index (κ2) is 11.6. The van der Waals surface area contributed by atoms with Gasteiger partial charge in [-0.3, -0.25) is 0 Å². The van der Waals surface area contributed by atoms with Crippen molar-refractivity contribution in [1.82, 2.24) is 14.5 Å². The molecule has 10 heteroatoms. The Morgan fingerprint density at radius 3 is 2.67 bits per heavy atom. The number of imidazole rings is 1. The number of nitrogens with zero attached hydrogens (tertiary/aromatic N) is 5. The van der Waals surface area contributed by atoms with Crippen LogP contribution in [-0.4, -0.2) is 51.4 Å². The van der Waals surface area contributed by atoms with E-state index in [1.807, 2.05) is 18.2 Å². The smallest absolute Gasteiger partial charge is 0.335 e. The molecule has 0 spiro atoms. The number of hydrogen-bond acceptors (Lipinski definition) is 7. The number of allylic oxidation sites excluding steroid dienone is 1. The minimum absolute atomic E-state index is 0.0148.